The van der Waals surface area contributed by atoms with E-state index in [4.69, 9.17) is 4.74 Å². The van der Waals surface area contributed by atoms with E-state index in [1.165, 1.54) is 0 Å². The number of nitrogens with one attached hydrogen (secondary N) is 1. The largest absolute Gasteiger partial charge is 0.380 e. The van der Waals surface area contributed by atoms with Crippen LogP contribution in [0.2, 0.25) is 0 Å². The summed E-state index contributed by atoms with van der Waals surface area (Å²) in [5.74, 6) is 0.965. The fourth-order valence-electron chi connectivity index (χ4n) is 1.64. The van der Waals surface area contributed by atoms with E-state index in [-0.39, 0.29) is 0 Å². The van der Waals surface area contributed by atoms with Gasteiger partial charge in [-0.05, 0) is 32.5 Å². The lowest BCUT2D eigenvalue weighted by atomic mass is 10.3. The van der Waals surface area contributed by atoms with Crippen molar-refractivity contribution >= 4 is 5.82 Å². The molecule has 0 aromatic carbocycles. The molecule has 0 aliphatic carbocycles. The molecule has 1 N–H and O–H groups in total. The van der Waals surface area contributed by atoms with Crippen molar-refractivity contribution in [2.24, 2.45) is 0 Å². The number of hydrogen-bond acceptors (Lipinski definition) is 4. The topological polar surface area (TPSA) is 37.4 Å². The van der Waals surface area contributed by atoms with Crippen molar-refractivity contribution in [1.29, 1.82) is 0 Å². The molecule has 0 spiro atoms. The molecule has 102 valence electrons. The van der Waals surface area contributed by atoms with Gasteiger partial charge in [0.25, 0.3) is 0 Å². The monoisotopic (exact) mass is 251 g/mol. The predicted octanol–water partition coefficient (Wildman–Crippen LogP) is 2.37. The number of ether oxygens (including phenoxy) is 1. The van der Waals surface area contributed by atoms with Crippen LogP contribution in [0.1, 0.15) is 26.0 Å². The zero-order valence-electron chi connectivity index (χ0n) is 11.8. The van der Waals surface area contributed by atoms with Crippen LogP contribution in [0.4, 0.5) is 5.82 Å². The molecule has 4 nitrogen and oxygen atoms in total. The van der Waals surface area contributed by atoms with Crippen LogP contribution in [0.25, 0.3) is 0 Å². The van der Waals surface area contributed by atoms with E-state index in [1.807, 2.05) is 13.0 Å². The first kappa shape index (κ1) is 14.9. The normalized spacial score (nSPS) is 10.9. The molecule has 0 atom stereocenters. The third kappa shape index (κ3) is 5.98. The molecule has 0 bridgehead atoms. The quantitative estimate of drug-likeness (QED) is 0.684. The Bertz CT molecular complexity index is 331. The number of pyridine rings is 1. The Hall–Kier alpha value is -1.13. The van der Waals surface area contributed by atoms with Gasteiger partial charge in [-0.2, -0.15) is 0 Å². The number of anilines is 1. The molecule has 0 saturated heterocycles. The van der Waals surface area contributed by atoms with Crippen LogP contribution in [-0.4, -0.2) is 43.2 Å². The second-order valence-corrected chi connectivity index (χ2v) is 4.38. The van der Waals surface area contributed by atoms with Crippen molar-refractivity contribution < 1.29 is 4.74 Å². The summed E-state index contributed by atoms with van der Waals surface area (Å²) in [6.45, 7) is 8.49. The number of hydrogen-bond donors (Lipinski definition) is 1. The summed E-state index contributed by atoms with van der Waals surface area (Å²) in [5.41, 5.74) is 1.09. The van der Waals surface area contributed by atoms with Gasteiger partial charge in [0.2, 0.25) is 0 Å². The first-order valence-corrected chi connectivity index (χ1v) is 6.72. The van der Waals surface area contributed by atoms with Crippen molar-refractivity contribution in [2.75, 3.05) is 38.7 Å². The summed E-state index contributed by atoms with van der Waals surface area (Å²) in [6, 6.07) is 6.13. The minimum Gasteiger partial charge on any atom is -0.380 e. The number of aromatic nitrogens is 1. The molecule has 1 rings (SSSR count). The number of rotatable bonds is 9. The molecule has 18 heavy (non-hydrogen) atoms. The molecule has 0 unspecified atom stereocenters. The van der Waals surface area contributed by atoms with Gasteiger partial charge in [0.05, 0.1) is 12.3 Å². The van der Waals surface area contributed by atoms with Crippen LogP contribution in [-0.2, 0) is 11.3 Å². The molecule has 1 aromatic heterocycles. The average molecular weight is 251 g/mol. The highest BCUT2D eigenvalue weighted by Gasteiger charge is 2.02. The van der Waals surface area contributed by atoms with Gasteiger partial charge in [-0.3, -0.25) is 4.90 Å². The van der Waals surface area contributed by atoms with Gasteiger partial charge >= 0.3 is 0 Å². The van der Waals surface area contributed by atoms with Crippen LogP contribution in [0, 0.1) is 0 Å². The highest BCUT2D eigenvalue weighted by atomic mass is 16.5. The molecule has 0 amide bonds. The molecule has 0 fully saturated rings. The number of nitrogens with zero attached hydrogens (tertiary/aromatic N) is 2. The molecular weight excluding hydrogens is 226 g/mol. The molecule has 0 aliphatic heterocycles. The third-order valence-electron chi connectivity index (χ3n) is 2.62. The van der Waals surface area contributed by atoms with E-state index in [0.29, 0.717) is 0 Å². The van der Waals surface area contributed by atoms with Crippen molar-refractivity contribution in [3.05, 3.63) is 23.9 Å². The van der Waals surface area contributed by atoms with Crippen LogP contribution < -0.4 is 5.32 Å². The van der Waals surface area contributed by atoms with Gasteiger partial charge in [-0.15, -0.1) is 0 Å². The molecule has 0 saturated carbocycles. The lowest BCUT2D eigenvalue weighted by Gasteiger charge is -2.16. The van der Waals surface area contributed by atoms with E-state index >= 15 is 0 Å². The van der Waals surface area contributed by atoms with Crippen LogP contribution in [0.15, 0.2) is 18.2 Å². The van der Waals surface area contributed by atoms with Crippen LogP contribution >= 0.6 is 0 Å². The average Bonchev–Trinajstić information content (AvgIpc) is 2.37. The van der Waals surface area contributed by atoms with Crippen molar-refractivity contribution in [1.82, 2.24) is 9.88 Å². The summed E-state index contributed by atoms with van der Waals surface area (Å²) in [5, 5.41) is 3.31. The molecule has 1 aromatic rings. The fraction of sp³-hybridized carbons (Fsp3) is 0.643. The molecule has 1 heterocycles. The minimum atomic E-state index is 0.779. The molecule has 0 radical (unpaired) electrons. The van der Waals surface area contributed by atoms with Crippen molar-refractivity contribution in [3.8, 4) is 0 Å². The highest BCUT2D eigenvalue weighted by molar-refractivity contribution is 5.35. The standard InChI is InChI=1S/C14H25N3O/c1-4-9-15-14-8-6-7-13(16-14)12-17(3)10-11-18-5-2/h6-8H,4-5,9-12H2,1-3H3,(H,15,16). The second kappa shape index (κ2) is 8.89. The highest BCUT2D eigenvalue weighted by Crippen LogP contribution is 2.06. The lowest BCUT2D eigenvalue weighted by molar-refractivity contribution is 0.120. The SMILES string of the molecule is CCCNc1cccc(CN(C)CCOCC)n1. The molecule has 4 heteroatoms. The van der Waals surface area contributed by atoms with Gasteiger partial charge in [-0.25, -0.2) is 4.98 Å². The lowest BCUT2D eigenvalue weighted by Crippen LogP contribution is -2.23. The summed E-state index contributed by atoms with van der Waals surface area (Å²) in [6.07, 6.45) is 1.11. The van der Waals surface area contributed by atoms with Gasteiger partial charge in [0.1, 0.15) is 5.82 Å². The summed E-state index contributed by atoms with van der Waals surface area (Å²) < 4.78 is 5.34. The number of likely N-dealkylation sites (N-methyl/N-ethyl adjacent to an activating group) is 1. The summed E-state index contributed by atoms with van der Waals surface area (Å²) in [7, 11) is 2.09. The van der Waals surface area contributed by atoms with Gasteiger partial charge in [0, 0.05) is 26.2 Å². The predicted molar refractivity (Wildman–Crippen MR) is 75.8 cm³/mol. The van der Waals surface area contributed by atoms with E-state index in [1.54, 1.807) is 0 Å². The van der Waals surface area contributed by atoms with E-state index < -0.39 is 0 Å². The third-order valence-corrected chi connectivity index (χ3v) is 2.62. The van der Waals surface area contributed by atoms with Gasteiger partial charge in [0.15, 0.2) is 0 Å². The summed E-state index contributed by atoms with van der Waals surface area (Å²) in [4.78, 5) is 6.81. The minimum absolute atomic E-state index is 0.779. The van der Waals surface area contributed by atoms with E-state index in [2.05, 4.69) is 41.3 Å². The maximum Gasteiger partial charge on any atom is 0.126 e. The van der Waals surface area contributed by atoms with Crippen LogP contribution in [0.5, 0.6) is 0 Å². The smallest absolute Gasteiger partial charge is 0.126 e. The second-order valence-electron chi connectivity index (χ2n) is 4.38. The first-order valence-electron chi connectivity index (χ1n) is 6.72. The molecule has 0 aliphatic rings. The Morgan fingerprint density at radius 1 is 1.33 bits per heavy atom. The first-order chi connectivity index (χ1) is 8.76. The van der Waals surface area contributed by atoms with Crippen molar-refractivity contribution in [3.63, 3.8) is 0 Å². The zero-order valence-corrected chi connectivity index (χ0v) is 11.8. The van der Waals surface area contributed by atoms with E-state index in [0.717, 1.165) is 50.8 Å². The van der Waals surface area contributed by atoms with Gasteiger partial charge in [-0.1, -0.05) is 13.0 Å². The Balaban J connectivity index is 2.40. The van der Waals surface area contributed by atoms with E-state index in [9.17, 15) is 0 Å². The Kier molecular flexibility index (Phi) is 7.37. The Labute approximate surface area is 110 Å². The fourth-order valence-corrected chi connectivity index (χ4v) is 1.64. The maximum absolute atomic E-state index is 5.34. The Morgan fingerprint density at radius 2 is 2.17 bits per heavy atom. The van der Waals surface area contributed by atoms with Gasteiger partial charge < -0.3 is 10.1 Å². The molecular formula is C14H25N3O. The maximum atomic E-state index is 5.34. The Morgan fingerprint density at radius 3 is 2.89 bits per heavy atom. The summed E-state index contributed by atoms with van der Waals surface area (Å²) >= 11 is 0. The zero-order chi connectivity index (χ0) is 13.2. The van der Waals surface area contributed by atoms with Crippen molar-refractivity contribution in [2.45, 2.75) is 26.8 Å². The van der Waals surface area contributed by atoms with Crippen LogP contribution in [0.3, 0.4) is 0 Å².